The van der Waals surface area contributed by atoms with Gasteiger partial charge in [0.2, 0.25) is 0 Å². The highest BCUT2D eigenvalue weighted by molar-refractivity contribution is 5.66. The van der Waals surface area contributed by atoms with Crippen LogP contribution in [0.4, 0.5) is 5.82 Å². The highest BCUT2D eigenvalue weighted by atomic mass is 15.2. The second-order valence-corrected chi connectivity index (χ2v) is 5.28. The minimum Gasteiger partial charge on any atom is -0.367 e. The molecule has 1 saturated carbocycles. The molecule has 0 atom stereocenters. The maximum atomic E-state index is 4.38. The van der Waals surface area contributed by atoms with Crippen LogP contribution in [-0.4, -0.2) is 45.7 Å². The number of likely N-dealkylation sites (N-methyl/N-ethyl adjacent to an activating group) is 1. The van der Waals surface area contributed by atoms with E-state index in [9.17, 15) is 0 Å². The van der Waals surface area contributed by atoms with Gasteiger partial charge >= 0.3 is 0 Å². The van der Waals surface area contributed by atoms with E-state index in [0.29, 0.717) is 0 Å². The summed E-state index contributed by atoms with van der Waals surface area (Å²) < 4.78 is 1.84. The highest BCUT2D eigenvalue weighted by Gasteiger charge is 2.18. The third-order valence-electron chi connectivity index (χ3n) is 4.03. The van der Waals surface area contributed by atoms with Crippen molar-refractivity contribution in [1.82, 2.24) is 19.5 Å². The number of hydrogen-bond acceptors (Lipinski definition) is 4. The summed E-state index contributed by atoms with van der Waals surface area (Å²) in [5.74, 6) is 0.917. The number of nitrogens with zero attached hydrogens (tertiary/aromatic N) is 4. The molecule has 1 aliphatic carbocycles. The molecule has 3 rings (SSSR count). The maximum absolute atomic E-state index is 4.38. The number of fused-ring (bicyclic) bond motifs is 1. The summed E-state index contributed by atoms with van der Waals surface area (Å²) >= 11 is 0. The van der Waals surface area contributed by atoms with E-state index >= 15 is 0 Å². The largest absolute Gasteiger partial charge is 0.367 e. The van der Waals surface area contributed by atoms with Crippen molar-refractivity contribution in [3.63, 3.8) is 0 Å². The zero-order valence-electron chi connectivity index (χ0n) is 11.4. The van der Waals surface area contributed by atoms with Crippen molar-refractivity contribution in [2.75, 3.05) is 25.5 Å². The Hall–Kier alpha value is -1.62. The third-order valence-corrected chi connectivity index (χ3v) is 4.03. The summed E-state index contributed by atoms with van der Waals surface area (Å²) in [6, 6.07) is 2.76. The number of hydrogen-bond donors (Lipinski definition) is 1. The zero-order chi connectivity index (χ0) is 13.1. The van der Waals surface area contributed by atoms with Gasteiger partial charge in [0.05, 0.1) is 6.20 Å². The second-order valence-electron chi connectivity index (χ2n) is 5.28. The molecule has 0 bridgehead atoms. The van der Waals surface area contributed by atoms with Gasteiger partial charge in [-0.05, 0) is 26.0 Å². The third kappa shape index (κ3) is 2.71. The Morgan fingerprint density at radius 3 is 3.05 bits per heavy atom. The van der Waals surface area contributed by atoms with Crippen LogP contribution >= 0.6 is 0 Å². The average Bonchev–Trinajstić information content (AvgIpc) is 3.10. The fourth-order valence-electron chi connectivity index (χ4n) is 2.87. The van der Waals surface area contributed by atoms with Gasteiger partial charge < -0.3 is 10.2 Å². The van der Waals surface area contributed by atoms with E-state index < -0.39 is 0 Å². The van der Waals surface area contributed by atoms with Crippen LogP contribution in [0, 0.1) is 0 Å². The minimum atomic E-state index is 0.778. The zero-order valence-corrected chi connectivity index (χ0v) is 11.4. The molecule has 0 spiro atoms. The van der Waals surface area contributed by atoms with Gasteiger partial charge in [0.1, 0.15) is 5.52 Å². The lowest BCUT2D eigenvalue weighted by atomic mass is 10.2. The summed E-state index contributed by atoms with van der Waals surface area (Å²) in [6.07, 6.45) is 10.9. The van der Waals surface area contributed by atoms with Gasteiger partial charge in [-0.2, -0.15) is 5.10 Å². The predicted octanol–water partition coefficient (Wildman–Crippen LogP) is 2.02. The maximum Gasteiger partial charge on any atom is 0.152 e. The summed E-state index contributed by atoms with van der Waals surface area (Å²) in [4.78, 5) is 6.85. The van der Waals surface area contributed by atoms with Gasteiger partial charge in [-0.3, -0.25) is 0 Å². The fraction of sp³-hybridized carbons (Fsp3) is 0.571. The molecule has 0 saturated heterocycles. The Morgan fingerprint density at radius 1 is 1.37 bits per heavy atom. The van der Waals surface area contributed by atoms with Gasteiger partial charge in [-0.1, -0.05) is 12.8 Å². The van der Waals surface area contributed by atoms with Crippen LogP contribution in [0.1, 0.15) is 25.7 Å². The summed E-state index contributed by atoms with van der Waals surface area (Å²) in [5, 5.41) is 7.63. The van der Waals surface area contributed by atoms with E-state index in [0.717, 1.165) is 30.5 Å². The lowest BCUT2D eigenvalue weighted by Gasteiger charge is -2.24. The number of aromatic nitrogens is 3. The summed E-state index contributed by atoms with van der Waals surface area (Å²) in [6.45, 7) is 1.98. The number of anilines is 1. The van der Waals surface area contributed by atoms with E-state index in [4.69, 9.17) is 0 Å². The van der Waals surface area contributed by atoms with Crippen LogP contribution in [0.15, 0.2) is 24.7 Å². The molecule has 1 fully saturated rings. The van der Waals surface area contributed by atoms with Crippen LogP contribution in [0.5, 0.6) is 0 Å². The second kappa shape index (κ2) is 5.57. The summed E-state index contributed by atoms with van der Waals surface area (Å²) in [5.41, 5.74) is 1.03. The SMILES string of the molecule is CN(CCNc1nccn2nccc12)C1CCCC1. The van der Waals surface area contributed by atoms with Gasteiger partial charge in [0.25, 0.3) is 0 Å². The first-order chi connectivity index (χ1) is 9.34. The fourth-order valence-corrected chi connectivity index (χ4v) is 2.87. The van der Waals surface area contributed by atoms with Crippen molar-refractivity contribution < 1.29 is 0 Å². The first-order valence-electron chi connectivity index (χ1n) is 7.07. The summed E-state index contributed by atoms with van der Waals surface area (Å²) in [7, 11) is 2.23. The molecule has 0 radical (unpaired) electrons. The molecule has 1 aliphatic rings. The van der Waals surface area contributed by atoms with Crippen molar-refractivity contribution in [2.45, 2.75) is 31.7 Å². The molecule has 1 N–H and O–H groups in total. The molecular weight excluding hydrogens is 238 g/mol. The molecular formula is C14H21N5. The molecule has 5 nitrogen and oxygen atoms in total. The van der Waals surface area contributed by atoms with Crippen molar-refractivity contribution in [3.8, 4) is 0 Å². The Kier molecular flexibility index (Phi) is 3.64. The number of nitrogens with one attached hydrogen (secondary N) is 1. The van der Waals surface area contributed by atoms with E-state index in [1.807, 2.05) is 16.8 Å². The standard InChI is InChI=1S/C14H21N5/c1-18(12-4-2-3-5-12)10-8-15-14-13-6-7-17-19(13)11-9-16-14/h6-7,9,11-12H,2-5,8,10H2,1H3,(H,15,16). The molecule has 0 aromatic carbocycles. The van der Waals surface area contributed by atoms with Gasteiger partial charge in [-0.15, -0.1) is 0 Å². The lowest BCUT2D eigenvalue weighted by molar-refractivity contribution is 0.254. The highest BCUT2D eigenvalue weighted by Crippen LogP contribution is 2.22. The van der Waals surface area contributed by atoms with Crippen molar-refractivity contribution in [2.24, 2.45) is 0 Å². The first kappa shape index (κ1) is 12.4. The van der Waals surface area contributed by atoms with E-state index in [1.54, 1.807) is 12.4 Å². The van der Waals surface area contributed by atoms with E-state index in [-0.39, 0.29) is 0 Å². The average molecular weight is 259 g/mol. The quantitative estimate of drug-likeness (QED) is 0.892. The van der Waals surface area contributed by atoms with Crippen LogP contribution in [0.2, 0.25) is 0 Å². The molecule has 2 heterocycles. The van der Waals surface area contributed by atoms with Gasteiger partial charge in [0, 0.05) is 31.5 Å². The predicted molar refractivity (Wildman–Crippen MR) is 76.4 cm³/mol. The molecule has 2 aromatic rings. The molecule has 102 valence electrons. The van der Waals surface area contributed by atoms with Gasteiger partial charge in [0.15, 0.2) is 5.82 Å². The molecule has 0 amide bonds. The molecule has 0 aliphatic heterocycles. The van der Waals surface area contributed by atoms with E-state index in [2.05, 4.69) is 27.3 Å². The molecule has 19 heavy (non-hydrogen) atoms. The van der Waals surface area contributed by atoms with Crippen LogP contribution in [0.25, 0.3) is 5.52 Å². The van der Waals surface area contributed by atoms with Crippen LogP contribution in [0.3, 0.4) is 0 Å². The van der Waals surface area contributed by atoms with E-state index in [1.165, 1.54) is 25.7 Å². The lowest BCUT2D eigenvalue weighted by Crippen LogP contribution is -2.33. The van der Waals surface area contributed by atoms with Crippen molar-refractivity contribution in [1.29, 1.82) is 0 Å². The topological polar surface area (TPSA) is 45.5 Å². The Balaban J connectivity index is 1.55. The van der Waals surface area contributed by atoms with Crippen molar-refractivity contribution in [3.05, 3.63) is 24.7 Å². The molecule has 5 heteroatoms. The Labute approximate surface area is 113 Å². The van der Waals surface area contributed by atoms with Crippen LogP contribution in [-0.2, 0) is 0 Å². The molecule has 0 unspecified atom stereocenters. The Morgan fingerprint density at radius 2 is 2.21 bits per heavy atom. The first-order valence-corrected chi connectivity index (χ1v) is 7.07. The molecule has 2 aromatic heterocycles. The normalized spacial score (nSPS) is 16.5. The monoisotopic (exact) mass is 259 g/mol. The smallest absolute Gasteiger partial charge is 0.152 e. The van der Waals surface area contributed by atoms with Gasteiger partial charge in [-0.25, -0.2) is 9.50 Å². The number of rotatable bonds is 5. The Bertz CT molecular complexity index is 529. The minimum absolute atomic E-state index is 0.778. The van der Waals surface area contributed by atoms with Crippen LogP contribution < -0.4 is 5.32 Å². The van der Waals surface area contributed by atoms with Crippen molar-refractivity contribution >= 4 is 11.3 Å².